The average Bonchev–Trinajstić information content (AvgIpc) is 3.05. The van der Waals surface area contributed by atoms with Gasteiger partial charge in [-0.1, -0.05) is 54.6 Å². The first-order valence-corrected chi connectivity index (χ1v) is 11.1. The summed E-state index contributed by atoms with van der Waals surface area (Å²) in [5.41, 5.74) is 3.31. The molecule has 1 unspecified atom stereocenters. The number of hydrogen-bond acceptors (Lipinski definition) is 4. The number of pyridine rings is 1. The SMILES string of the molecule is O=C1Nc2ccccc2N=C(c2ccccc2)C1N(Cc1ccc(F)cc1)C(=O)c1cccnc1. The molecule has 5 rings (SSSR count). The zero-order valence-electron chi connectivity index (χ0n) is 18.6. The molecule has 4 aromatic rings. The summed E-state index contributed by atoms with van der Waals surface area (Å²) in [5.74, 6) is -1.16. The number of benzene rings is 3. The maximum atomic E-state index is 13.8. The van der Waals surface area contributed by atoms with Crippen molar-refractivity contribution in [3.05, 3.63) is 126 Å². The number of rotatable bonds is 5. The van der Waals surface area contributed by atoms with Gasteiger partial charge in [-0.3, -0.25) is 14.6 Å². The van der Waals surface area contributed by atoms with Crippen molar-refractivity contribution in [2.75, 3.05) is 5.32 Å². The second-order valence-electron chi connectivity index (χ2n) is 8.07. The number of fused-ring (bicyclic) bond motifs is 1. The molecule has 0 radical (unpaired) electrons. The summed E-state index contributed by atoms with van der Waals surface area (Å²) >= 11 is 0. The number of carbonyl (C=O) groups is 2. The Balaban J connectivity index is 1.67. The van der Waals surface area contributed by atoms with E-state index in [1.165, 1.54) is 23.2 Å². The van der Waals surface area contributed by atoms with Gasteiger partial charge in [-0.2, -0.15) is 0 Å². The lowest BCUT2D eigenvalue weighted by molar-refractivity contribution is -0.118. The van der Waals surface area contributed by atoms with Gasteiger partial charge in [-0.25, -0.2) is 9.38 Å². The van der Waals surface area contributed by atoms with Crippen LogP contribution in [0.15, 0.2) is 108 Å². The lowest BCUT2D eigenvalue weighted by Crippen LogP contribution is -2.51. The molecule has 1 aliphatic heterocycles. The number of aromatic nitrogens is 1. The number of nitrogens with zero attached hydrogens (tertiary/aromatic N) is 3. The molecule has 2 amide bonds. The molecule has 6 nitrogen and oxygen atoms in total. The highest BCUT2D eigenvalue weighted by molar-refractivity contribution is 6.23. The van der Waals surface area contributed by atoms with Crippen molar-refractivity contribution in [2.24, 2.45) is 4.99 Å². The number of halogens is 1. The van der Waals surface area contributed by atoms with Crippen molar-refractivity contribution in [1.29, 1.82) is 0 Å². The molecule has 0 spiro atoms. The smallest absolute Gasteiger partial charge is 0.256 e. The standard InChI is InChI=1S/C28H21FN4O2/c29-22-14-12-19(13-15-22)18-33(28(35)21-9-6-16-30-17-21)26-25(20-7-2-1-3-8-20)31-23-10-4-5-11-24(23)32-27(26)34/h1-17,26H,18H2,(H,32,34). The summed E-state index contributed by atoms with van der Waals surface area (Å²) in [6, 6.07) is 24.7. The van der Waals surface area contributed by atoms with E-state index >= 15 is 0 Å². The molecule has 0 saturated carbocycles. The van der Waals surface area contributed by atoms with E-state index in [-0.39, 0.29) is 12.4 Å². The lowest BCUT2D eigenvalue weighted by Gasteiger charge is -2.31. The van der Waals surface area contributed by atoms with E-state index < -0.39 is 17.9 Å². The van der Waals surface area contributed by atoms with Crippen molar-refractivity contribution < 1.29 is 14.0 Å². The Morgan fingerprint density at radius 3 is 2.40 bits per heavy atom. The van der Waals surface area contributed by atoms with E-state index in [2.05, 4.69) is 10.3 Å². The monoisotopic (exact) mass is 464 g/mol. The van der Waals surface area contributed by atoms with E-state index in [1.54, 1.807) is 36.5 Å². The fourth-order valence-corrected chi connectivity index (χ4v) is 4.04. The first-order chi connectivity index (χ1) is 17.1. The van der Waals surface area contributed by atoms with Crippen molar-refractivity contribution >= 4 is 28.9 Å². The molecule has 0 bridgehead atoms. The molecule has 2 heterocycles. The van der Waals surface area contributed by atoms with Gasteiger partial charge < -0.3 is 10.2 Å². The Morgan fingerprint density at radius 2 is 1.66 bits per heavy atom. The van der Waals surface area contributed by atoms with Crippen molar-refractivity contribution in [3.8, 4) is 0 Å². The topological polar surface area (TPSA) is 74.7 Å². The predicted octanol–water partition coefficient (Wildman–Crippen LogP) is 5.00. The largest absolute Gasteiger partial charge is 0.322 e. The second kappa shape index (κ2) is 9.69. The third-order valence-corrected chi connectivity index (χ3v) is 5.73. The quantitative estimate of drug-likeness (QED) is 0.451. The summed E-state index contributed by atoms with van der Waals surface area (Å²) in [5, 5.41) is 2.93. The fourth-order valence-electron chi connectivity index (χ4n) is 4.04. The van der Waals surface area contributed by atoms with Gasteiger partial charge >= 0.3 is 0 Å². The summed E-state index contributed by atoms with van der Waals surface area (Å²) in [4.78, 5) is 37.9. The highest BCUT2D eigenvalue weighted by atomic mass is 19.1. The Kier molecular flexibility index (Phi) is 6.13. The molecule has 0 aliphatic carbocycles. The van der Waals surface area contributed by atoms with Crippen molar-refractivity contribution in [3.63, 3.8) is 0 Å². The molecular formula is C28H21FN4O2. The third-order valence-electron chi connectivity index (χ3n) is 5.73. The molecule has 172 valence electrons. The van der Waals surface area contributed by atoms with Gasteiger partial charge in [0.2, 0.25) is 0 Å². The molecular weight excluding hydrogens is 443 g/mol. The molecule has 1 aromatic heterocycles. The third kappa shape index (κ3) is 4.70. The fraction of sp³-hybridized carbons (Fsp3) is 0.0714. The number of para-hydroxylation sites is 2. The molecule has 3 aromatic carbocycles. The molecule has 0 saturated heterocycles. The van der Waals surface area contributed by atoms with Gasteiger partial charge in [-0.15, -0.1) is 0 Å². The van der Waals surface area contributed by atoms with Crippen LogP contribution in [0.25, 0.3) is 0 Å². The number of hydrogen-bond donors (Lipinski definition) is 1. The minimum Gasteiger partial charge on any atom is -0.322 e. The summed E-state index contributed by atoms with van der Waals surface area (Å²) in [6.45, 7) is 0.0638. The van der Waals surface area contributed by atoms with Crippen molar-refractivity contribution in [2.45, 2.75) is 12.6 Å². The summed E-state index contributed by atoms with van der Waals surface area (Å²) in [7, 11) is 0. The number of nitrogens with one attached hydrogen (secondary N) is 1. The molecule has 1 aliphatic rings. The number of amides is 2. The maximum Gasteiger partial charge on any atom is 0.256 e. The van der Waals surface area contributed by atoms with Crippen LogP contribution in [0.3, 0.4) is 0 Å². The van der Waals surface area contributed by atoms with Crippen LogP contribution in [0.1, 0.15) is 21.5 Å². The van der Waals surface area contributed by atoms with Crippen LogP contribution >= 0.6 is 0 Å². The van der Waals surface area contributed by atoms with Gasteiger partial charge in [0, 0.05) is 18.9 Å². The average molecular weight is 465 g/mol. The van der Waals surface area contributed by atoms with Gasteiger partial charge in [0.1, 0.15) is 5.82 Å². The van der Waals surface area contributed by atoms with Crippen LogP contribution in [-0.2, 0) is 11.3 Å². The number of carbonyl (C=O) groups excluding carboxylic acids is 2. The van der Waals surface area contributed by atoms with Gasteiger partial charge in [0.15, 0.2) is 6.04 Å². The van der Waals surface area contributed by atoms with Crippen LogP contribution in [0.2, 0.25) is 0 Å². The lowest BCUT2D eigenvalue weighted by atomic mass is 9.99. The van der Waals surface area contributed by atoms with Gasteiger partial charge in [0.05, 0.1) is 22.6 Å². The first-order valence-electron chi connectivity index (χ1n) is 11.1. The van der Waals surface area contributed by atoms with Gasteiger partial charge in [-0.05, 0) is 47.5 Å². The van der Waals surface area contributed by atoms with E-state index in [0.717, 1.165) is 0 Å². The maximum absolute atomic E-state index is 13.8. The van der Waals surface area contributed by atoms with E-state index in [1.807, 2.05) is 48.5 Å². The minimum atomic E-state index is -1.05. The van der Waals surface area contributed by atoms with Crippen LogP contribution in [0.4, 0.5) is 15.8 Å². The van der Waals surface area contributed by atoms with Crippen LogP contribution in [-0.4, -0.2) is 33.5 Å². The first kappa shape index (κ1) is 22.2. The summed E-state index contributed by atoms with van der Waals surface area (Å²) in [6.07, 6.45) is 3.04. The molecule has 35 heavy (non-hydrogen) atoms. The highest BCUT2D eigenvalue weighted by Crippen LogP contribution is 2.31. The van der Waals surface area contributed by atoms with Crippen LogP contribution in [0, 0.1) is 5.82 Å². The van der Waals surface area contributed by atoms with E-state index in [4.69, 9.17) is 4.99 Å². The second-order valence-corrected chi connectivity index (χ2v) is 8.07. The molecule has 1 N–H and O–H groups in total. The van der Waals surface area contributed by atoms with E-state index in [0.29, 0.717) is 33.8 Å². The zero-order valence-corrected chi connectivity index (χ0v) is 18.6. The highest BCUT2D eigenvalue weighted by Gasteiger charge is 2.37. The zero-order chi connectivity index (χ0) is 24.2. The van der Waals surface area contributed by atoms with Crippen molar-refractivity contribution in [1.82, 2.24) is 9.88 Å². The van der Waals surface area contributed by atoms with Crippen LogP contribution < -0.4 is 5.32 Å². The minimum absolute atomic E-state index is 0.0638. The van der Waals surface area contributed by atoms with Gasteiger partial charge in [0.25, 0.3) is 11.8 Å². The summed E-state index contributed by atoms with van der Waals surface area (Å²) < 4.78 is 13.6. The molecule has 7 heteroatoms. The Morgan fingerprint density at radius 1 is 0.914 bits per heavy atom. The molecule has 0 fully saturated rings. The predicted molar refractivity (Wildman–Crippen MR) is 132 cm³/mol. The molecule has 1 atom stereocenters. The number of aliphatic imine (C=N–C) groups is 1. The Labute approximate surface area is 201 Å². The normalized spacial score (nSPS) is 14.8. The Hall–Kier alpha value is -4.65. The van der Waals surface area contributed by atoms with E-state index in [9.17, 15) is 14.0 Å². The van der Waals surface area contributed by atoms with Crippen LogP contribution in [0.5, 0.6) is 0 Å². The number of anilines is 1. The Bertz CT molecular complexity index is 1390.